The van der Waals surface area contributed by atoms with Gasteiger partial charge in [0.2, 0.25) is 17.7 Å². The van der Waals surface area contributed by atoms with E-state index in [-0.39, 0.29) is 0 Å². The number of imide groups is 4. The average molecular weight is 186 g/mol. The van der Waals surface area contributed by atoms with Crippen molar-refractivity contribution in [3.63, 3.8) is 0 Å². The van der Waals surface area contributed by atoms with Gasteiger partial charge in [0.1, 0.15) is 0 Å². The predicted octanol–water partition coefficient (Wildman–Crippen LogP) is -0.363. The quantitative estimate of drug-likeness (QED) is 0.559. The molecule has 6 heteroatoms. The molecule has 0 aliphatic carbocycles. The van der Waals surface area contributed by atoms with Crippen molar-refractivity contribution >= 4 is 23.8 Å². The van der Waals surface area contributed by atoms with Crippen molar-refractivity contribution in [1.82, 2.24) is 10.2 Å². The topological polar surface area (TPSA) is 83.6 Å². The summed E-state index contributed by atoms with van der Waals surface area (Å²) in [6, 6.07) is -1.02. The molecule has 0 rings (SSSR count). The molecule has 0 saturated carbocycles. The van der Waals surface area contributed by atoms with Crippen LogP contribution >= 0.6 is 0 Å². The van der Waals surface area contributed by atoms with Crippen LogP contribution in [0.4, 0.5) is 4.79 Å². The zero-order valence-corrected chi connectivity index (χ0v) is 7.58. The van der Waals surface area contributed by atoms with E-state index in [1.165, 1.54) is 0 Å². The standard InChI is InChI=1S/C7H10N2O4/c1-4(10)8-7(13)9(5(2)11)6(3)12/h1-3H3,(H,8,10,13). The molecule has 0 aliphatic rings. The Labute approximate surface area is 74.9 Å². The van der Waals surface area contributed by atoms with Gasteiger partial charge in [-0.1, -0.05) is 0 Å². The molecule has 13 heavy (non-hydrogen) atoms. The second-order valence-corrected chi connectivity index (χ2v) is 2.36. The monoisotopic (exact) mass is 186 g/mol. The normalized spacial score (nSPS) is 8.85. The Morgan fingerprint density at radius 1 is 0.923 bits per heavy atom. The van der Waals surface area contributed by atoms with Gasteiger partial charge in [-0.25, -0.2) is 9.69 Å². The molecule has 0 aliphatic heterocycles. The van der Waals surface area contributed by atoms with E-state index in [9.17, 15) is 19.2 Å². The molecule has 0 aromatic carbocycles. The summed E-state index contributed by atoms with van der Waals surface area (Å²) in [5, 5.41) is 1.81. The van der Waals surface area contributed by atoms with Gasteiger partial charge in [0, 0.05) is 20.8 Å². The molecular weight excluding hydrogens is 176 g/mol. The molecule has 72 valence electrons. The number of nitrogens with zero attached hydrogens (tertiary/aromatic N) is 1. The minimum absolute atomic E-state index is 0.349. The van der Waals surface area contributed by atoms with Gasteiger partial charge in [-0.15, -0.1) is 0 Å². The van der Waals surface area contributed by atoms with Gasteiger partial charge >= 0.3 is 6.03 Å². The van der Waals surface area contributed by atoms with Crippen molar-refractivity contribution in [2.45, 2.75) is 20.8 Å². The molecule has 0 aromatic heterocycles. The minimum Gasteiger partial charge on any atom is -0.277 e. The first kappa shape index (κ1) is 11.3. The Hall–Kier alpha value is -1.72. The Bertz CT molecular complexity index is 258. The lowest BCUT2D eigenvalue weighted by atomic mass is 10.5. The first-order valence-electron chi connectivity index (χ1n) is 3.49. The number of hydrogen-bond donors (Lipinski definition) is 1. The van der Waals surface area contributed by atoms with Crippen molar-refractivity contribution < 1.29 is 19.2 Å². The molecule has 5 amide bonds. The summed E-state index contributed by atoms with van der Waals surface area (Å²) in [6.45, 7) is 3.22. The third-order valence-electron chi connectivity index (χ3n) is 1.12. The van der Waals surface area contributed by atoms with E-state index in [0.717, 1.165) is 20.8 Å². The van der Waals surface area contributed by atoms with E-state index >= 15 is 0 Å². The molecule has 6 nitrogen and oxygen atoms in total. The third-order valence-corrected chi connectivity index (χ3v) is 1.12. The van der Waals surface area contributed by atoms with Crippen molar-refractivity contribution in [1.29, 1.82) is 0 Å². The smallest absolute Gasteiger partial charge is 0.277 e. The van der Waals surface area contributed by atoms with Crippen LogP contribution in [0.5, 0.6) is 0 Å². The van der Waals surface area contributed by atoms with Gasteiger partial charge in [0.05, 0.1) is 0 Å². The van der Waals surface area contributed by atoms with Crippen molar-refractivity contribution in [3.05, 3.63) is 0 Å². The summed E-state index contributed by atoms with van der Waals surface area (Å²) in [7, 11) is 0. The summed E-state index contributed by atoms with van der Waals surface area (Å²) in [4.78, 5) is 43.2. The molecular formula is C7H10N2O4. The Balaban J connectivity index is 4.57. The largest absolute Gasteiger partial charge is 0.337 e. The number of carbonyl (C=O) groups is 4. The molecule has 0 spiro atoms. The van der Waals surface area contributed by atoms with Crippen molar-refractivity contribution in [3.8, 4) is 0 Å². The Morgan fingerprint density at radius 2 is 1.31 bits per heavy atom. The Morgan fingerprint density at radius 3 is 1.54 bits per heavy atom. The lowest BCUT2D eigenvalue weighted by molar-refractivity contribution is -0.138. The van der Waals surface area contributed by atoms with E-state index in [1.54, 1.807) is 0 Å². The van der Waals surface area contributed by atoms with Crippen LogP contribution in [0.2, 0.25) is 0 Å². The number of hydrogen-bond acceptors (Lipinski definition) is 4. The van der Waals surface area contributed by atoms with Gasteiger partial charge in [0.25, 0.3) is 0 Å². The van der Waals surface area contributed by atoms with Gasteiger partial charge < -0.3 is 0 Å². The van der Waals surface area contributed by atoms with E-state index in [1.807, 2.05) is 5.32 Å². The zero-order chi connectivity index (χ0) is 10.6. The van der Waals surface area contributed by atoms with Crippen LogP contribution in [0.25, 0.3) is 0 Å². The maximum atomic E-state index is 11.0. The second-order valence-electron chi connectivity index (χ2n) is 2.36. The molecule has 0 bridgehead atoms. The predicted molar refractivity (Wildman–Crippen MR) is 42.4 cm³/mol. The molecule has 0 unspecified atom stereocenters. The van der Waals surface area contributed by atoms with Crippen LogP contribution in [0.1, 0.15) is 20.8 Å². The highest BCUT2D eigenvalue weighted by Gasteiger charge is 2.22. The van der Waals surface area contributed by atoms with E-state index in [0.29, 0.717) is 4.90 Å². The summed E-state index contributed by atoms with van der Waals surface area (Å²) in [5.41, 5.74) is 0. The molecule has 0 atom stereocenters. The molecule has 0 fully saturated rings. The zero-order valence-electron chi connectivity index (χ0n) is 7.58. The molecule has 1 N–H and O–H groups in total. The lowest BCUT2D eigenvalue weighted by Crippen LogP contribution is -2.46. The maximum absolute atomic E-state index is 11.0. The number of nitrogens with one attached hydrogen (secondary N) is 1. The van der Waals surface area contributed by atoms with Gasteiger partial charge in [-0.3, -0.25) is 19.7 Å². The molecule has 0 heterocycles. The van der Waals surface area contributed by atoms with Crippen LogP contribution < -0.4 is 5.32 Å². The van der Waals surface area contributed by atoms with Crippen LogP contribution in [-0.2, 0) is 14.4 Å². The van der Waals surface area contributed by atoms with E-state index in [4.69, 9.17) is 0 Å². The fourth-order valence-corrected chi connectivity index (χ4v) is 0.714. The summed E-state index contributed by atoms with van der Waals surface area (Å²) < 4.78 is 0. The van der Waals surface area contributed by atoms with Crippen LogP contribution in [0, 0.1) is 0 Å². The lowest BCUT2D eigenvalue weighted by Gasteiger charge is -2.13. The van der Waals surface area contributed by atoms with Gasteiger partial charge in [0.15, 0.2) is 0 Å². The number of rotatable bonds is 0. The van der Waals surface area contributed by atoms with Crippen LogP contribution in [0.15, 0.2) is 0 Å². The van der Waals surface area contributed by atoms with E-state index < -0.39 is 23.8 Å². The average Bonchev–Trinajstić information content (AvgIpc) is 1.81. The SMILES string of the molecule is CC(=O)NC(=O)N(C(C)=O)C(C)=O. The fourth-order valence-electron chi connectivity index (χ4n) is 0.714. The highest BCUT2D eigenvalue weighted by Crippen LogP contribution is 1.91. The van der Waals surface area contributed by atoms with Crippen molar-refractivity contribution in [2.75, 3.05) is 0 Å². The third kappa shape index (κ3) is 3.46. The van der Waals surface area contributed by atoms with Gasteiger partial charge in [-0.05, 0) is 0 Å². The second kappa shape index (κ2) is 4.34. The van der Waals surface area contributed by atoms with Crippen LogP contribution in [-0.4, -0.2) is 28.7 Å². The Kier molecular flexibility index (Phi) is 3.77. The molecule has 0 saturated heterocycles. The van der Waals surface area contributed by atoms with Crippen LogP contribution in [0.3, 0.4) is 0 Å². The molecule has 0 radical (unpaired) electrons. The van der Waals surface area contributed by atoms with E-state index in [2.05, 4.69) is 0 Å². The molecule has 0 aromatic rings. The summed E-state index contributed by atoms with van der Waals surface area (Å²) in [5.74, 6) is -2.09. The first-order valence-corrected chi connectivity index (χ1v) is 3.49. The highest BCUT2D eigenvalue weighted by molar-refractivity contribution is 6.12. The highest BCUT2D eigenvalue weighted by atomic mass is 16.2. The summed E-state index contributed by atoms with van der Waals surface area (Å²) in [6.07, 6.45) is 0. The fraction of sp³-hybridized carbons (Fsp3) is 0.429. The minimum atomic E-state index is -1.02. The number of amides is 5. The van der Waals surface area contributed by atoms with Crippen molar-refractivity contribution in [2.24, 2.45) is 0 Å². The number of urea groups is 1. The maximum Gasteiger partial charge on any atom is 0.337 e. The van der Waals surface area contributed by atoms with Gasteiger partial charge in [-0.2, -0.15) is 0 Å². The number of carbonyl (C=O) groups excluding carboxylic acids is 4. The first-order chi connectivity index (χ1) is 5.86. The summed E-state index contributed by atoms with van der Waals surface area (Å²) >= 11 is 0.